The van der Waals surface area contributed by atoms with E-state index in [0.29, 0.717) is 0 Å². The molecular formula is C13H25N3O15. The van der Waals surface area contributed by atoms with Gasteiger partial charge >= 0.3 is 18.2 Å². The number of nitrogens with one attached hydrogen (secondary N) is 1. The Labute approximate surface area is 174 Å². The van der Waals surface area contributed by atoms with Gasteiger partial charge in [-0.25, -0.2) is 24.1 Å². The van der Waals surface area contributed by atoms with Crippen molar-refractivity contribution in [3.05, 3.63) is 0 Å². The second-order valence-electron chi connectivity index (χ2n) is 4.98. The maximum Gasteiger partial charge on any atom is 0.508 e. The molecule has 1 amide bonds. The number of carbonyl (C=O) groups excluding carboxylic acids is 2. The molecule has 0 saturated heterocycles. The van der Waals surface area contributed by atoms with Crippen LogP contribution in [0.4, 0.5) is 9.59 Å². The number of amides is 1. The molecule has 0 aliphatic heterocycles. The topological polar surface area (TPSA) is 235 Å². The first-order chi connectivity index (χ1) is 14.7. The average Bonchev–Trinajstić information content (AvgIpc) is 2.68. The summed E-state index contributed by atoms with van der Waals surface area (Å²) in [6.07, 6.45) is -2.32. The highest BCUT2D eigenvalue weighted by Gasteiger charge is 2.23. The second-order valence-corrected chi connectivity index (χ2v) is 4.98. The Morgan fingerprint density at radius 1 is 0.710 bits per heavy atom. The molecule has 0 radical (unpaired) electrons. The van der Waals surface area contributed by atoms with Crippen molar-refractivity contribution in [1.29, 1.82) is 0 Å². The highest BCUT2D eigenvalue weighted by molar-refractivity contribution is 5.80. The number of ether oxygens (including phenoxy) is 5. The highest BCUT2D eigenvalue weighted by Crippen LogP contribution is 1.94. The number of hydrogen-bond donors (Lipinski definition) is 6. The van der Waals surface area contributed by atoms with Crippen LogP contribution in [0.1, 0.15) is 0 Å². The standard InChI is InChI=1S/C13H25N3O15/c17-11(18)10(14-12(19)27-5-1-25-3-7-30-15(21)22)9-29-13(20)28-6-2-26-4-8-31-16(23)24/h10,21-24H,1-9H2,(H,14,19)(H,17,18). The van der Waals surface area contributed by atoms with Crippen LogP contribution in [0.15, 0.2) is 0 Å². The van der Waals surface area contributed by atoms with Gasteiger partial charge < -0.3 is 34.1 Å². The van der Waals surface area contributed by atoms with Gasteiger partial charge in [0.15, 0.2) is 6.04 Å². The molecule has 31 heavy (non-hydrogen) atoms. The van der Waals surface area contributed by atoms with Crippen molar-refractivity contribution in [3.8, 4) is 0 Å². The van der Waals surface area contributed by atoms with Crippen molar-refractivity contribution in [2.24, 2.45) is 0 Å². The molecular weight excluding hydrogens is 438 g/mol. The van der Waals surface area contributed by atoms with E-state index in [2.05, 4.69) is 23.9 Å². The van der Waals surface area contributed by atoms with Crippen LogP contribution >= 0.6 is 0 Å². The Balaban J connectivity index is 3.86. The lowest BCUT2D eigenvalue weighted by atomic mass is 10.3. The zero-order valence-corrected chi connectivity index (χ0v) is 16.2. The van der Waals surface area contributed by atoms with E-state index in [4.69, 9.17) is 35.4 Å². The number of hydrogen-bond acceptors (Lipinski definition) is 16. The van der Waals surface area contributed by atoms with Crippen LogP contribution in [0.3, 0.4) is 0 Å². The summed E-state index contributed by atoms with van der Waals surface area (Å²) in [6, 6.07) is -1.61. The number of alkyl carbamates (subject to hydrolysis) is 1. The molecule has 0 spiro atoms. The molecule has 1 unspecified atom stereocenters. The van der Waals surface area contributed by atoms with Crippen LogP contribution in [0, 0.1) is 0 Å². The number of carbonyl (C=O) groups is 3. The summed E-state index contributed by atoms with van der Waals surface area (Å²) in [5.41, 5.74) is 0. The van der Waals surface area contributed by atoms with E-state index in [1.165, 1.54) is 0 Å². The van der Waals surface area contributed by atoms with Gasteiger partial charge in [0.2, 0.25) is 0 Å². The Morgan fingerprint density at radius 3 is 1.68 bits per heavy atom. The van der Waals surface area contributed by atoms with E-state index >= 15 is 0 Å². The molecule has 0 fully saturated rings. The first kappa shape index (κ1) is 28.6. The number of nitrogens with zero attached hydrogens (tertiary/aromatic N) is 2. The van der Waals surface area contributed by atoms with Gasteiger partial charge in [-0.1, -0.05) is 0 Å². The molecule has 0 bridgehead atoms. The SMILES string of the molecule is O=C(NC(COC(=O)OCCOCCON(O)O)C(=O)O)OCCOCCON(O)O. The minimum Gasteiger partial charge on any atom is -0.480 e. The van der Waals surface area contributed by atoms with Gasteiger partial charge in [-0.3, -0.25) is 20.8 Å². The molecule has 182 valence electrons. The van der Waals surface area contributed by atoms with Crippen molar-refractivity contribution < 1.29 is 73.7 Å². The van der Waals surface area contributed by atoms with E-state index in [9.17, 15) is 14.4 Å². The summed E-state index contributed by atoms with van der Waals surface area (Å²) in [6.45, 7) is -1.82. The normalized spacial score (nSPS) is 11.9. The molecule has 0 aromatic rings. The molecule has 0 aliphatic rings. The first-order valence-electron chi connectivity index (χ1n) is 8.45. The summed E-state index contributed by atoms with van der Waals surface area (Å²) < 4.78 is 23.7. The lowest BCUT2D eigenvalue weighted by molar-refractivity contribution is -0.493. The van der Waals surface area contributed by atoms with E-state index in [1.807, 2.05) is 5.32 Å². The van der Waals surface area contributed by atoms with Crippen LogP contribution in [-0.4, -0.2) is 120 Å². The molecule has 1 atom stereocenters. The third kappa shape index (κ3) is 19.3. The second kappa shape index (κ2) is 18.4. The lowest BCUT2D eigenvalue weighted by Gasteiger charge is -2.15. The third-order valence-electron chi connectivity index (χ3n) is 2.74. The largest absolute Gasteiger partial charge is 0.508 e. The van der Waals surface area contributed by atoms with Crippen molar-refractivity contribution in [1.82, 2.24) is 16.1 Å². The summed E-state index contributed by atoms with van der Waals surface area (Å²) in [5, 5.41) is 43.0. The fourth-order valence-corrected chi connectivity index (χ4v) is 1.49. The molecule has 18 nitrogen and oxygen atoms in total. The monoisotopic (exact) mass is 463 g/mol. The van der Waals surface area contributed by atoms with Crippen molar-refractivity contribution in [2.45, 2.75) is 6.04 Å². The zero-order valence-electron chi connectivity index (χ0n) is 16.2. The van der Waals surface area contributed by atoms with Crippen molar-refractivity contribution in [3.63, 3.8) is 0 Å². The third-order valence-corrected chi connectivity index (χ3v) is 2.74. The molecule has 0 rings (SSSR count). The summed E-state index contributed by atoms with van der Waals surface area (Å²) >= 11 is 0. The molecule has 18 heteroatoms. The first-order valence-corrected chi connectivity index (χ1v) is 8.45. The van der Waals surface area contributed by atoms with Crippen LogP contribution in [0.5, 0.6) is 0 Å². The Bertz CT molecular complexity index is 507. The molecule has 0 aromatic carbocycles. The van der Waals surface area contributed by atoms with Crippen LogP contribution in [0.2, 0.25) is 0 Å². The smallest absolute Gasteiger partial charge is 0.480 e. The minimum absolute atomic E-state index is 0.0358. The van der Waals surface area contributed by atoms with Gasteiger partial charge in [0.05, 0.1) is 50.4 Å². The lowest BCUT2D eigenvalue weighted by Crippen LogP contribution is -2.45. The Hall–Kier alpha value is -2.39. The molecule has 0 aliphatic carbocycles. The van der Waals surface area contributed by atoms with E-state index in [-0.39, 0.29) is 52.9 Å². The predicted octanol–water partition coefficient (Wildman–Crippen LogP) is -1.62. The zero-order chi connectivity index (χ0) is 23.5. The minimum atomic E-state index is -1.61. The molecule has 0 heterocycles. The summed E-state index contributed by atoms with van der Waals surface area (Å²) in [5.74, 6) is -1.50. The quantitative estimate of drug-likeness (QED) is 0.0760. The molecule has 6 N–H and O–H groups in total. The molecule has 0 aromatic heterocycles. The van der Waals surface area contributed by atoms with E-state index in [0.717, 1.165) is 0 Å². The number of rotatable bonds is 18. The van der Waals surface area contributed by atoms with Gasteiger partial charge in [0, 0.05) is 0 Å². The van der Waals surface area contributed by atoms with Crippen molar-refractivity contribution >= 4 is 18.2 Å². The maximum absolute atomic E-state index is 11.5. The number of carboxylic acids is 1. The van der Waals surface area contributed by atoms with E-state index < -0.39 is 41.6 Å². The number of aliphatic carboxylic acids is 1. The van der Waals surface area contributed by atoms with Crippen LogP contribution in [-0.2, 0) is 38.2 Å². The fourth-order valence-electron chi connectivity index (χ4n) is 1.49. The average molecular weight is 463 g/mol. The van der Waals surface area contributed by atoms with E-state index in [1.54, 1.807) is 0 Å². The van der Waals surface area contributed by atoms with Crippen molar-refractivity contribution in [2.75, 3.05) is 59.5 Å². The molecule has 0 saturated carbocycles. The van der Waals surface area contributed by atoms with Gasteiger partial charge in [-0.2, -0.15) is 0 Å². The van der Waals surface area contributed by atoms with Crippen LogP contribution in [0.25, 0.3) is 0 Å². The van der Waals surface area contributed by atoms with Crippen LogP contribution < -0.4 is 5.32 Å². The number of carboxylic acid groups (broad SMARTS) is 1. The summed E-state index contributed by atoms with van der Waals surface area (Å²) in [4.78, 5) is 42.4. The fraction of sp³-hybridized carbons (Fsp3) is 0.769. The van der Waals surface area contributed by atoms with Gasteiger partial charge in [-0.05, 0) is 0 Å². The highest BCUT2D eigenvalue weighted by atomic mass is 17.1. The Kier molecular flexibility index (Phi) is 17.0. The maximum atomic E-state index is 11.5. The van der Waals surface area contributed by atoms with Gasteiger partial charge in [0.25, 0.3) is 0 Å². The predicted molar refractivity (Wildman–Crippen MR) is 87.6 cm³/mol. The van der Waals surface area contributed by atoms with Gasteiger partial charge in [-0.15, -0.1) is 0 Å². The van der Waals surface area contributed by atoms with Gasteiger partial charge in [0.1, 0.15) is 19.8 Å². The Morgan fingerprint density at radius 2 is 1.19 bits per heavy atom. The summed E-state index contributed by atoms with van der Waals surface area (Å²) in [7, 11) is 0.